The second-order valence-corrected chi connectivity index (χ2v) is 2.74. The zero-order valence-electron chi connectivity index (χ0n) is 7.86. The number of urea groups is 1. The van der Waals surface area contributed by atoms with Crippen molar-refractivity contribution in [3.05, 3.63) is 6.92 Å². The second kappa shape index (κ2) is 8.37. The Labute approximate surface area is 74.9 Å². The fraction of sp³-hybridized carbons (Fsp3) is 0.778. The van der Waals surface area contributed by atoms with E-state index in [1.807, 2.05) is 0 Å². The van der Waals surface area contributed by atoms with E-state index in [2.05, 4.69) is 24.5 Å². The Balaban J connectivity index is 3.10. The maximum Gasteiger partial charge on any atom is 0.314 e. The SMILES string of the molecule is [CH2]CCCNC(=O)NCCCC. The molecule has 0 spiro atoms. The molecule has 3 nitrogen and oxygen atoms in total. The number of rotatable bonds is 6. The number of carbonyl (C=O) groups is 1. The summed E-state index contributed by atoms with van der Waals surface area (Å²) in [6.45, 7) is 7.28. The molecule has 71 valence electrons. The van der Waals surface area contributed by atoms with Crippen molar-refractivity contribution in [2.24, 2.45) is 0 Å². The number of unbranched alkanes of at least 4 members (excludes halogenated alkanes) is 2. The lowest BCUT2D eigenvalue weighted by atomic mass is 10.3. The predicted molar refractivity (Wildman–Crippen MR) is 50.9 cm³/mol. The van der Waals surface area contributed by atoms with Gasteiger partial charge in [0.15, 0.2) is 0 Å². The van der Waals surface area contributed by atoms with E-state index in [4.69, 9.17) is 0 Å². The third kappa shape index (κ3) is 7.38. The van der Waals surface area contributed by atoms with Crippen LogP contribution in [0, 0.1) is 6.92 Å². The zero-order chi connectivity index (χ0) is 9.23. The Morgan fingerprint density at radius 2 is 1.83 bits per heavy atom. The highest BCUT2D eigenvalue weighted by Gasteiger charge is 1.95. The largest absolute Gasteiger partial charge is 0.338 e. The minimum atomic E-state index is -0.0584. The highest BCUT2D eigenvalue weighted by atomic mass is 16.2. The number of hydrogen-bond acceptors (Lipinski definition) is 1. The molecular weight excluding hydrogens is 152 g/mol. The van der Waals surface area contributed by atoms with Gasteiger partial charge in [-0.2, -0.15) is 0 Å². The van der Waals surface area contributed by atoms with Crippen LogP contribution >= 0.6 is 0 Å². The van der Waals surface area contributed by atoms with E-state index < -0.39 is 0 Å². The van der Waals surface area contributed by atoms with Gasteiger partial charge in [0.1, 0.15) is 0 Å². The first-order valence-electron chi connectivity index (χ1n) is 4.62. The molecule has 2 N–H and O–H groups in total. The van der Waals surface area contributed by atoms with Crippen molar-refractivity contribution in [1.82, 2.24) is 10.6 Å². The van der Waals surface area contributed by atoms with E-state index >= 15 is 0 Å². The molecule has 0 bridgehead atoms. The van der Waals surface area contributed by atoms with Crippen LogP contribution in [0.15, 0.2) is 0 Å². The molecule has 0 unspecified atom stereocenters. The number of amides is 2. The quantitative estimate of drug-likeness (QED) is 0.587. The molecule has 1 radical (unpaired) electrons. The molecular formula is C9H19N2O. The van der Waals surface area contributed by atoms with Gasteiger partial charge in [-0.15, -0.1) is 0 Å². The van der Waals surface area contributed by atoms with E-state index in [0.717, 1.165) is 38.8 Å². The molecule has 0 aliphatic rings. The van der Waals surface area contributed by atoms with Gasteiger partial charge in [-0.3, -0.25) is 0 Å². The summed E-state index contributed by atoms with van der Waals surface area (Å²) in [5.74, 6) is 0. The van der Waals surface area contributed by atoms with E-state index in [9.17, 15) is 4.79 Å². The average Bonchev–Trinajstić information content (AvgIpc) is 2.06. The lowest BCUT2D eigenvalue weighted by Gasteiger charge is -2.05. The summed E-state index contributed by atoms with van der Waals surface area (Å²) in [4.78, 5) is 11.0. The highest BCUT2D eigenvalue weighted by molar-refractivity contribution is 5.73. The molecule has 0 saturated heterocycles. The first kappa shape index (κ1) is 11.3. The summed E-state index contributed by atoms with van der Waals surface area (Å²) in [7, 11) is 0. The molecule has 0 fully saturated rings. The number of hydrogen-bond donors (Lipinski definition) is 2. The molecule has 0 atom stereocenters. The fourth-order valence-electron chi connectivity index (χ4n) is 0.768. The Morgan fingerprint density at radius 3 is 2.33 bits per heavy atom. The molecule has 0 aromatic carbocycles. The van der Waals surface area contributed by atoms with Crippen LogP contribution < -0.4 is 10.6 Å². The van der Waals surface area contributed by atoms with Crippen LogP contribution in [0.5, 0.6) is 0 Å². The van der Waals surface area contributed by atoms with Crippen molar-refractivity contribution in [1.29, 1.82) is 0 Å². The van der Waals surface area contributed by atoms with Gasteiger partial charge in [-0.05, 0) is 12.8 Å². The van der Waals surface area contributed by atoms with Gasteiger partial charge in [0.05, 0.1) is 0 Å². The molecule has 0 aliphatic heterocycles. The fourth-order valence-corrected chi connectivity index (χ4v) is 0.768. The summed E-state index contributed by atoms with van der Waals surface area (Å²) in [6.07, 6.45) is 3.97. The summed E-state index contributed by atoms with van der Waals surface area (Å²) in [6, 6.07) is -0.0584. The van der Waals surface area contributed by atoms with Crippen molar-refractivity contribution in [2.45, 2.75) is 32.6 Å². The van der Waals surface area contributed by atoms with Gasteiger partial charge < -0.3 is 10.6 Å². The maximum atomic E-state index is 11.0. The van der Waals surface area contributed by atoms with Crippen LogP contribution in [-0.2, 0) is 0 Å². The Hall–Kier alpha value is -0.730. The molecule has 12 heavy (non-hydrogen) atoms. The molecule has 0 aromatic rings. The molecule has 0 rings (SSSR count). The van der Waals surface area contributed by atoms with Gasteiger partial charge in [0.2, 0.25) is 0 Å². The first-order chi connectivity index (χ1) is 5.81. The van der Waals surface area contributed by atoms with Crippen molar-refractivity contribution in [2.75, 3.05) is 13.1 Å². The van der Waals surface area contributed by atoms with Gasteiger partial charge in [0, 0.05) is 13.1 Å². The lowest BCUT2D eigenvalue weighted by molar-refractivity contribution is 0.240. The summed E-state index contributed by atoms with van der Waals surface area (Å²) in [5.41, 5.74) is 0. The first-order valence-corrected chi connectivity index (χ1v) is 4.62. The zero-order valence-corrected chi connectivity index (χ0v) is 7.86. The van der Waals surface area contributed by atoms with Crippen molar-refractivity contribution in [3.8, 4) is 0 Å². The maximum absolute atomic E-state index is 11.0. The molecule has 0 aliphatic carbocycles. The second-order valence-electron chi connectivity index (χ2n) is 2.74. The third-order valence-electron chi connectivity index (χ3n) is 1.53. The Kier molecular flexibility index (Phi) is 7.86. The number of nitrogens with one attached hydrogen (secondary N) is 2. The Bertz CT molecular complexity index is 103. The summed E-state index contributed by atoms with van der Waals surface area (Å²) >= 11 is 0. The summed E-state index contributed by atoms with van der Waals surface area (Å²) in [5, 5.41) is 5.52. The average molecular weight is 171 g/mol. The minimum absolute atomic E-state index is 0.0584. The standard InChI is InChI=1S/C9H19N2O/c1-3-5-7-10-9(12)11-8-6-4-2/h1,3-8H2,2H3,(H2,10,11,12). The van der Waals surface area contributed by atoms with Gasteiger partial charge in [0.25, 0.3) is 0 Å². The van der Waals surface area contributed by atoms with E-state index in [0.29, 0.717) is 0 Å². The van der Waals surface area contributed by atoms with E-state index in [1.165, 1.54) is 0 Å². The van der Waals surface area contributed by atoms with Crippen LogP contribution in [0.3, 0.4) is 0 Å². The predicted octanol–water partition coefficient (Wildman–Crippen LogP) is 1.70. The number of carbonyl (C=O) groups excluding carboxylic acids is 1. The van der Waals surface area contributed by atoms with Crippen molar-refractivity contribution < 1.29 is 4.79 Å². The van der Waals surface area contributed by atoms with Crippen LogP contribution in [0.25, 0.3) is 0 Å². The molecule has 2 amide bonds. The van der Waals surface area contributed by atoms with Crippen LogP contribution in [0.4, 0.5) is 4.79 Å². The van der Waals surface area contributed by atoms with Gasteiger partial charge in [-0.25, -0.2) is 4.79 Å². The van der Waals surface area contributed by atoms with Gasteiger partial charge in [-0.1, -0.05) is 26.7 Å². The third-order valence-corrected chi connectivity index (χ3v) is 1.53. The Morgan fingerprint density at radius 1 is 1.25 bits per heavy atom. The molecule has 0 aromatic heterocycles. The van der Waals surface area contributed by atoms with Crippen LogP contribution in [0.1, 0.15) is 32.6 Å². The smallest absolute Gasteiger partial charge is 0.314 e. The van der Waals surface area contributed by atoms with Crippen LogP contribution in [-0.4, -0.2) is 19.1 Å². The highest BCUT2D eigenvalue weighted by Crippen LogP contribution is 1.83. The van der Waals surface area contributed by atoms with E-state index in [1.54, 1.807) is 0 Å². The molecule has 0 heterocycles. The summed E-state index contributed by atoms with van der Waals surface area (Å²) < 4.78 is 0. The van der Waals surface area contributed by atoms with Crippen LogP contribution in [0.2, 0.25) is 0 Å². The van der Waals surface area contributed by atoms with Crippen molar-refractivity contribution in [3.63, 3.8) is 0 Å². The van der Waals surface area contributed by atoms with Crippen molar-refractivity contribution >= 4 is 6.03 Å². The topological polar surface area (TPSA) is 41.1 Å². The monoisotopic (exact) mass is 171 g/mol. The normalized spacial score (nSPS) is 9.50. The minimum Gasteiger partial charge on any atom is -0.338 e. The molecule has 3 heteroatoms. The van der Waals surface area contributed by atoms with E-state index in [-0.39, 0.29) is 6.03 Å². The molecule has 0 saturated carbocycles. The van der Waals surface area contributed by atoms with Gasteiger partial charge >= 0.3 is 6.03 Å². The lowest BCUT2D eigenvalue weighted by Crippen LogP contribution is -2.36.